The van der Waals surface area contributed by atoms with Crippen LogP contribution in [0.25, 0.3) is 11.0 Å². The number of thiophene rings is 1. The zero-order chi connectivity index (χ0) is 21.8. The van der Waals surface area contributed by atoms with Gasteiger partial charge in [0.2, 0.25) is 0 Å². The predicted molar refractivity (Wildman–Crippen MR) is 127 cm³/mol. The normalized spacial score (nSPS) is 14.2. The second-order valence-corrected chi connectivity index (χ2v) is 8.46. The first kappa shape index (κ1) is 20.3. The van der Waals surface area contributed by atoms with Crippen molar-refractivity contribution >= 4 is 34.2 Å². The molecular weight excluding hydrogens is 420 g/mol. The lowest BCUT2D eigenvalue weighted by Gasteiger charge is -2.34. The summed E-state index contributed by atoms with van der Waals surface area (Å²) in [6.07, 6.45) is 0. The van der Waals surface area contributed by atoms with Crippen molar-refractivity contribution in [3.05, 3.63) is 82.0 Å². The second-order valence-electron chi connectivity index (χ2n) is 7.68. The molecule has 2 aromatic heterocycles. The summed E-state index contributed by atoms with van der Waals surface area (Å²) in [6, 6.07) is 17.8. The van der Waals surface area contributed by atoms with Crippen LogP contribution in [0.15, 0.2) is 69.9 Å². The molecule has 7 heteroatoms. The highest BCUT2D eigenvalue weighted by Gasteiger charge is 2.22. The zero-order valence-electron chi connectivity index (χ0n) is 17.5. The van der Waals surface area contributed by atoms with Crippen molar-refractivity contribution < 1.29 is 9.32 Å². The molecule has 1 saturated heterocycles. The number of nitrogens with zero attached hydrogens (tertiary/aromatic N) is 3. The number of nitrogens with one attached hydrogen (secondary N) is 1. The number of fused-ring (bicyclic) bond motifs is 1. The average Bonchev–Trinajstić information content (AvgIpc) is 3.49. The van der Waals surface area contributed by atoms with Gasteiger partial charge in [-0.15, -0.1) is 0 Å². The van der Waals surface area contributed by atoms with Crippen LogP contribution in [-0.2, 0) is 6.54 Å². The van der Waals surface area contributed by atoms with Crippen molar-refractivity contribution in [3.8, 4) is 11.8 Å². The Balaban J connectivity index is 1.15. The summed E-state index contributed by atoms with van der Waals surface area (Å²) >= 11 is 1.65. The van der Waals surface area contributed by atoms with E-state index in [2.05, 4.69) is 50.8 Å². The van der Waals surface area contributed by atoms with Crippen LogP contribution in [0.1, 0.15) is 16.7 Å². The second kappa shape index (κ2) is 9.27. The lowest BCUT2D eigenvalue weighted by atomic mass is 10.1. The molecule has 6 nitrogen and oxygen atoms in total. The molecule has 1 N–H and O–H groups in total. The molecule has 160 valence electrons. The van der Waals surface area contributed by atoms with Gasteiger partial charge < -0.3 is 9.42 Å². The molecule has 0 radical (unpaired) electrons. The van der Waals surface area contributed by atoms with Gasteiger partial charge in [-0.05, 0) is 41.3 Å². The van der Waals surface area contributed by atoms with Crippen LogP contribution in [0, 0.1) is 11.8 Å². The number of benzene rings is 2. The van der Waals surface area contributed by atoms with Crippen LogP contribution in [0.4, 0.5) is 10.6 Å². The summed E-state index contributed by atoms with van der Waals surface area (Å²) in [5.74, 6) is 6.91. The molecule has 0 unspecified atom stereocenters. The maximum absolute atomic E-state index is 12.7. The number of carbonyl (C=O) groups is 1. The Kier molecular flexibility index (Phi) is 5.88. The molecule has 1 aliphatic heterocycles. The predicted octanol–water partition coefficient (Wildman–Crippen LogP) is 4.64. The topological polar surface area (TPSA) is 61.6 Å². The van der Waals surface area contributed by atoms with Crippen LogP contribution >= 0.6 is 11.3 Å². The summed E-state index contributed by atoms with van der Waals surface area (Å²) in [4.78, 5) is 16.9. The molecule has 1 aliphatic rings. The number of rotatable bonds is 3. The van der Waals surface area contributed by atoms with E-state index in [4.69, 9.17) is 4.52 Å². The van der Waals surface area contributed by atoms with E-state index in [0.29, 0.717) is 24.5 Å². The van der Waals surface area contributed by atoms with Crippen LogP contribution in [0.5, 0.6) is 0 Å². The molecular formula is C25H22N4O2S. The zero-order valence-corrected chi connectivity index (χ0v) is 18.3. The quantitative estimate of drug-likeness (QED) is 0.470. The van der Waals surface area contributed by atoms with Gasteiger partial charge in [-0.25, -0.2) is 4.79 Å². The molecule has 5 rings (SSSR count). The van der Waals surface area contributed by atoms with Gasteiger partial charge in [0.05, 0.1) is 5.39 Å². The number of hydrogen-bond acceptors (Lipinski definition) is 5. The molecule has 32 heavy (non-hydrogen) atoms. The van der Waals surface area contributed by atoms with Gasteiger partial charge in [0, 0.05) is 49.2 Å². The van der Waals surface area contributed by atoms with Crippen LogP contribution in [0.3, 0.4) is 0 Å². The van der Waals surface area contributed by atoms with E-state index >= 15 is 0 Å². The highest BCUT2D eigenvalue weighted by atomic mass is 32.1. The Morgan fingerprint density at radius 3 is 2.72 bits per heavy atom. The number of amides is 2. The van der Waals surface area contributed by atoms with Crippen molar-refractivity contribution in [1.29, 1.82) is 0 Å². The smallest absolute Gasteiger partial charge is 0.323 e. The third-order valence-electron chi connectivity index (χ3n) is 5.47. The third-order valence-corrected chi connectivity index (χ3v) is 6.15. The summed E-state index contributed by atoms with van der Waals surface area (Å²) < 4.78 is 5.27. The minimum absolute atomic E-state index is 0.144. The first-order valence-electron chi connectivity index (χ1n) is 10.5. The van der Waals surface area contributed by atoms with E-state index in [0.717, 1.165) is 36.1 Å². The number of aromatic nitrogens is 1. The Hall–Kier alpha value is -3.60. The Labute approximate surface area is 190 Å². The van der Waals surface area contributed by atoms with Gasteiger partial charge in [-0.2, -0.15) is 11.3 Å². The van der Waals surface area contributed by atoms with Crippen LogP contribution in [0.2, 0.25) is 0 Å². The molecule has 0 spiro atoms. The summed E-state index contributed by atoms with van der Waals surface area (Å²) in [7, 11) is 0. The first-order valence-corrected chi connectivity index (χ1v) is 11.4. The highest BCUT2D eigenvalue weighted by molar-refractivity contribution is 7.08. The molecule has 2 aromatic carbocycles. The molecule has 1 fully saturated rings. The number of hydrogen-bond donors (Lipinski definition) is 1. The number of urea groups is 1. The van der Waals surface area contributed by atoms with E-state index < -0.39 is 0 Å². The molecule has 0 atom stereocenters. The molecule has 0 saturated carbocycles. The van der Waals surface area contributed by atoms with E-state index in [1.807, 2.05) is 46.7 Å². The van der Waals surface area contributed by atoms with Crippen molar-refractivity contribution in [1.82, 2.24) is 15.0 Å². The molecule has 2 amide bonds. The molecule has 0 bridgehead atoms. The Morgan fingerprint density at radius 1 is 1.03 bits per heavy atom. The minimum Gasteiger partial charge on any atom is -0.354 e. The van der Waals surface area contributed by atoms with Crippen molar-refractivity contribution in [2.24, 2.45) is 0 Å². The Bertz CT molecular complexity index is 1280. The minimum atomic E-state index is -0.144. The summed E-state index contributed by atoms with van der Waals surface area (Å²) in [5, 5.41) is 11.8. The fourth-order valence-electron chi connectivity index (χ4n) is 3.75. The van der Waals surface area contributed by atoms with Gasteiger partial charge in [0.25, 0.3) is 0 Å². The van der Waals surface area contributed by atoms with Gasteiger partial charge in [-0.3, -0.25) is 10.2 Å². The lowest BCUT2D eigenvalue weighted by molar-refractivity contribution is 0.143. The number of para-hydroxylation sites is 1. The number of anilines is 1. The maximum atomic E-state index is 12.7. The molecule has 3 heterocycles. The van der Waals surface area contributed by atoms with E-state index in [1.54, 1.807) is 11.3 Å². The number of piperazine rings is 1. The Morgan fingerprint density at radius 2 is 1.88 bits per heavy atom. The average molecular weight is 443 g/mol. The summed E-state index contributed by atoms with van der Waals surface area (Å²) in [5.41, 5.74) is 3.96. The van der Waals surface area contributed by atoms with E-state index in [1.165, 1.54) is 5.56 Å². The van der Waals surface area contributed by atoms with Gasteiger partial charge in [0.15, 0.2) is 11.4 Å². The fourth-order valence-corrected chi connectivity index (χ4v) is 4.34. The molecule has 4 aromatic rings. The summed E-state index contributed by atoms with van der Waals surface area (Å²) in [6.45, 7) is 3.81. The monoisotopic (exact) mass is 442 g/mol. The van der Waals surface area contributed by atoms with Gasteiger partial charge in [0.1, 0.15) is 0 Å². The van der Waals surface area contributed by atoms with Gasteiger partial charge in [-0.1, -0.05) is 41.3 Å². The van der Waals surface area contributed by atoms with E-state index in [9.17, 15) is 4.79 Å². The fraction of sp³-hybridized carbons (Fsp3) is 0.200. The maximum Gasteiger partial charge on any atom is 0.323 e. The molecule has 0 aliphatic carbocycles. The van der Waals surface area contributed by atoms with Crippen molar-refractivity contribution in [3.63, 3.8) is 0 Å². The van der Waals surface area contributed by atoms with E-state index in [-0.39, 0.29) is 6.03 Å². The largest absolute Gasteiger partial charge is 0.354 e. The standard InChI is InChI=1S/C25H22N4O2S/c30-25(26-24-22-6-1-2-7-23(22)31-27-24)29-13-11-28(12-14-29)17-21-5-3-4-19(16-21)8-9-20-10-15-32-18-20/h1-7,10,15-16,18H,11-14,17H2,(H,26,27,30). The third kappa shape index (κ3) is 4.67. The lowest BCUT2D eigenvalue weighted by Crippen LogP contribution is -2.49. The van der Waals surface area contributed by atoms with Crippen LogP contribution in [-0.4, -0.2) is 47.2 Å². The van der Waals surface area contributed by atoms with Crippen molar-refractivity contribution in [2.45, 2.75) is 6.54 Å². The highest BCUT2D eigenvalue weighted by Crippen LogP contribution is 2.22. The van der Waals surface area contributed by atoms with Crippen molar-refractivity contribution in [2.75, 3.05) is 31.5 Å². The van der Waals surface area contributed by atoms with Crippen LogP contribution < -0.4 is 5.32 Å². The van der Waals surface area contributed by atoms with Gasteiger partial charge >= 0.3 is 6.03 Å². The SMILES string of the molecule is O=C(Nc1noc2ccccc12)N1CCN(Cc2cccc(C#Cc3ccsc3)c2)CC1. The first-order chi connectivity index (χ1) is 15.7. The number of carbonyl (C=O) groups excluding carboxylic acids is 1.